The zero-order chi connectivity index (χ0) is 18.2. The number of aromatic nitrogens is 3. The minimum absolute atomic E-state index is 0.0331. The fourth-order valence-electron chi connectivity index (χ4n) is 3.25. The van der Waals surface area contributed by atoms with Gasteiger partial charge in [-0.05, 0) is 38.0 Å². The third kappa shape index (κ3) is 3.25. The smallest absolute Gasteiger partial charge is 0.279 e. The van der Waals surface area contributed by atoms with E-state index in [-0.39, 0.29) is 16.5 Å². The first-order chi connectivity index (χ1) is 11.8. The summed E-state index contributed by atoms with van der Waals surface area (Å²) in [6, 6.07) is 5.05. The minimum atomic E-state index is -3.71. The molecule has 1 aromatic heterocycles. The van der Waals surface area contributed by atoms with Crippen molar-refractivity contribution in [2.45, 2.75) is 37.1 Å². The average molecular weight is 368 g/mol. The van der Waals surface area contributed by atoms with E-state index < -0.39 is 15.8 Å². The molecule has 0 unspecified atom stereocenters. The first-order valence-electron chi connectivity index (χ1n) is 8.24. The Hall–Kier alpha value is -2.00. The monoisotopic (exact) mass is 368 g/mol. The number of rotatable bonds is 4. The van der Waals surface area contributed by atoms with Crippen LogP contribution in [0, 0.1) is 5.82 Å². The molecule has 1 aliphatic rings. The van der Waals surface area contributed by atoms with Gasteiger partial charge in [-0.25, -0.2) is 22.3 Å². The molecule has 3 rings (SSSR count). The standard InChI is InChI=1S/C16H21FN4O3S/c1-3-21-15(18-19(2)16(21)22)12-7-9-20(10-8-12)25(23,24)14-6-4-5-13(17)11-14/h4-6,11-12H,3,7-10H2,1-2H3. The van der Waals surface area contributed by atoms with E-state index in [1.54, 1.807) is 11.6 Å². The Labute approximate surface area is 145 Å². The van der Waals surface area contributed by atoms with E-state index in [0.29, 0.717) is 38.3 Å². The third-order valence-electron chi connectivity index (χ3n) is 4.61. The molecule has 0 bridgehead atoms. The van der Waals surface area contributed by atoms with Gasteiger partial charge < -0.3 is 0 Å². The maximum atomic E-state index is 13.3. The number of halogens is 1. The Morgan fingerprint density at radius 1 is 1.28 bits per heavy atom. The maximum Gasteiger partial charge on any atom is 0.345 e. The summed E-state index contributed by atoms with van der Waals surface area (Å²) in [7, 11) is -2.10. The summed E-state index contributed by atoms with van der Waals surface area (Å²) in [5, 5.41) is 4.31. The maximum absolute atomic E-state index is 13.3. The van der Waals surface area contributed by atoms with Crippen LogP contribution in [0.5, 0.6) is 0 Å². The summed E-state index contributed by atoms with van der Waals surface area (Å²) in [4.78, 5) is 12.0. The number of piperidine rings is 1. The molecule has 0 radical (unpaired) electrons. The molecule has 0 N–H and O–H groups in total. The normalized spacial score (nSPS) is 17.1. The van der Waals surface area contributed by atoms with Crippen molar-refractivity contribution >= 4 is 10.0 Å². The second-order valence-corrected chi connectivity index (χ2v) is 8.08. The lowest BCUT2D eigenvalue weighted by Crippen LogP contribution is -2.38. The molecule has 1 aliphatic heterocycles. The number of benzene rings is 1. The summed E-state index contributed by atoms with van der Waals surface area (Å²) in [6.07, 6.45) is 1.15. The molecule has 0 saturated carbocycles. The number of aryl methyl sites for hydroxylation is 1. The summed E-state index contributed by atoms with van der Waals surface area (Å²) in [5.74, 6) is 0.169. The van der Waals surface area contributed by atoms with Crippen LogP contribution in [0.2, 0.25) is 0 Å². The Morgan fingerprint density at radius 2 is 1.96 bits per heavy atom. The fraction of sp³-hybridized carbons (Fsp3) is 0.500. The number of sulfonamides is 1. The molecule has 1 saturated heterocycles. The van der Waals surface area contributed by atoms with Crippen LogP contribution < -0.4 is 5.69 Å². The molecule has 0 aliphatic carbocycles. The molecule has 2 aromatic rings. The van der Waals surface area contributed by atoms with Gasteiger partial charge in [0.15, 0.2) is 0 Å². The Balaban J connectivity index is 1.78. The van der Waals surface area contributed by atoms with Gasteiger partial charge in [-0.2, -0.15) is 9.40 Å². The van der Waals surface area contributed by atoms with Gasteiger partial charge in [-0.1, -0.05) is 6.07 Å². The summed E-state index contributed by atoms with van der Waals surface area (Å²) in [5.41, 5.74) is -0.160. The van der Waals surface area contributed by atoms with Crippen LogP contribution in [0.1, 0.15) is 31.5 Å². The fourth-order valence-corrected chi connectivity index (χ4v) is 4.76. The lowest BCUT2D eigenvalue weighted by Gasteiger charge is -2.30. The van der Waals surface area contributed by atoms with E-state index in [1.807, 2.05) is 6.92 Å². The van der Waals surface area contributed by atoms with Crippen molar-refractivity contribution < 1.29 is 12.8 Å². The third-order valence-corrected chi connectivity index (χ3v) is 6.50. The minimum Gasteiger partial charge on any atom is -0.279 e. The van der Waals surface area contributed by atoms with Gasteiger partial charge in [-0.3, -0.25) is 4.57 Å². The van der Waals surface area contributed by atoms with Gasteiger partial charge >= 0.3 is 5.69 Å². The highest BCUT2D eigenvalue weighted by Gasteiger charge is 2.32. The lowest BCUT2D eigenvalue weighted by molar-refractivity contribution is 0.308. The Kier molecular flexibility index (Phi) is 4.79. The number of hydrogen-bond acceptors (Lipinski definition) is 4. The van der Waals surface area contributed by atoms with Crippen molar-refractivity contribution in [2.75, 3.05) is 13.1 Å². The van der Waals surface area contributed by atoms with Gasteiger partial charge in [0.05, 0.1) is 4.90 Å². The lowest BCUT2D eigenvalue weighted by atomic mass is 9.97. The van der Waals surface area contributed by atoms with Crippen molar-refractivity contribution in [1.82, 2.24) is 18.7 Å². The van der Waals surface area contributed by atoms with Crippen LogP contribution in [0.3, 0.4) is 0 Å². The van der Waals surface area contributed by atoms with Gasteiger partial charge in [0.1, 0.15) is 11.6 Å². The zero-order valence-corrected chi connectivity index (χ0v) is 15.0. The second kappa shape index (κ2) is 6.72. The van der Waals surface area contributed by atoms with Crippen LogP contribution in [0.25, 0.3) is 0 Å². The van der Waals surface area contributed by atoms with Crippen molar-refractivity contribution in [3.63, 3.8) is 0 Å². The van der Waals surface area contributed by atoms with Gasteiger partial charge in [0, 0.05) is 32.6 Å². The van der Waals surface area contributed by atoms with Gasteiger partial charge in [0.2, 0.25) is 10.0 Å². The zero-order valence-electron chi connectivity index (χ0n) is 14.2. The molecule has 0 amide bonds. The molecule has 1 aromatic carbocycles. The molecule has 136 valence electrons. The molecular weight excluding hydrogens is 347 g/mol. The van der Waals surface area contributed by atoms with Crippen LogP contribution in [0.4, 0.5) is 4.39 Å². The highest BCUT2D eigenvalue weighted by molar-refractivity contribution is 7.89. The largest absolute Gasteiger partial charge is 0.345 e. The van der Waals surface area contributed by atoms with E-state index >= 15 is 0 Å². The SMILES string of the molecule is CCn1c(C2CCN(S(=O)(=O)c3cccc(F)c3)CC2)nn(C)c1=O. The molecule has 0 atom stereocenters. The van der Waals surface area contributed by atoms with E-state index in [0.717, 1.165) is 6.07 Å². The van der Waals surface area contributed by atoms with Crippen LogP contribution in [-0.4, -0.2) is 40.2 Å². The molecule has 9 heteroatoms. The summed E-state index contributed by atoms with van der Waals surface area (Å²) < 4.78 is 43.0. The number of nitrogens with zero attached hydrogens (tertiary/aromatic N) is 4. The van der Waals surface area contributed by atoms with E-state index in [9.17, 15) is 17.6 Å². The first-order valence-corrected chi connectivity index (χ1v) is 9.68. The van der Waals surface area contributed by atoms with Crippen molar-refractivity contribution in [3.05, 3.63) is 46.4 Å². The average Bonchev–Trinajstić information content (AvgIpc) is 2.89. The molecular formula is C16H21FN4O3S. The number of hydrogen-bond donors (Lipinski definition) is 0. The molecule has 2 heterocycles. The van der Waals surface area contributed by atoms with Crippen molar-refractivity contribution in [1.29, 1.82) is 0 Å². The summed E-state index contributed by atoms with van der Waals surface area (Å²) >= 11 is 0. The molecule has 0 spiro atoms. The van der Waals surface area contributed by atoms with Crippen LogP contribution in [0.15, 0.2) is 34.0 Å². The highest BCUT2D eigenvalue weighted by Crippen LogP contribution is 2.29. The predicted molar refractivity (Wildman–Crippen MR) is 90.3 cm³/mol. The Bertz CT molecular complexity index is 927. The Morgan fingerprint density at radius 3 is 2.56 bits per heavy atom. The van der Waals surface area contributed by atoms with Crippen LogP contribution in [-0.2, 0) is 23.6 Å². The molecule has 25 heavy (non-hydrogen) atoms. The van der Waals surface area contributed by atoms with Crippen molar-refractivity contribution in [3.8, 4) is 0 Å². The van der Waals surface area contributed by atoms with Crippen molar-refractivity contribution in [2.24, 2.45) is 7.05 Å². The topological polar surface area (TPSA) is 77.2 Å². The van der Waals surface area contributed by atoms with Gasteiger partial charge in [0.25, 0.3) is 0 Å². The molecule has 1 fully saturated rings. The van der Waals surface area contributed by atoms with E-state index in [2.05, 4.69) is 5.10 Å². The summed E-state index contributed by atoms with van der Waals surface area (Å²) in [6.45, 7) is 3.05. The second-order valence-electron chi connectivity index (χ2n) is 6.14. The first kappa shape index (κ1) is 17.8. The molecule has 7 nitrogen and oxygen atoms in total. The van der Waals surface area contributed by atoms with E-state index in [1.165, 1.54) is 27.2 Å². The quantitative estimate of drug-likeness (QED) is 0.815. The van der Waals surface area contributed by atoms with Crippen LogP contribution >= 0.6 is 0 Å². The highest BCUT2D eigenvalue weighted by atomic mass is 32.2. The van der Waals surface area contributed by atoms with E-state index in [4.69, 9.17) is 0 Å². The predicted octanol–water partition coefficient (Wildman–Crippen LogP) is 1.31. The van der Waals surface area contributed by atoms with Gasteiger partial charge in [-0.15, -0.1) is 0 Å².